The molecule has 1 heterocycles. The Morgan fingerprint density at radius 3 is 1.89 bits per heavy atom. The Labute approximate surface area is 276 Å². The number of nitrogens with one attached hydrogen (secondary N) is 3. The summed E-state index contributed by atoms with van der Waals surface area (Å²) in [4.78, 5) is 45.2. The molecule has 3 N–H and O–H groups in total. The van der Waals surface area contributed by atoms with Crippen LogP contribution in [0, 0.1) is 0 Å². The highest BCUT2D eigenvalue weighted by Gasteiger charge is 2.31. The summed E-state index contributed by atoms with van der Waals surface area (Å²) in [5.74, 6) is -1.31. The maximum absolute atomic E-state index is 13.8. The van der Waals surface area contributed by atoms with Crippen molar-refractivity contribution in [2.75, 3.05) is 6.61 Å². The van der Waals surface area contributed by atoms with Gasteiger partial charge < -0.3 is 20.1 Å². The first-order chi connectivity index (χ1) is 23.0. The molecule has 2 aliphatic carbocycles. The number of carbonyl (C=O) groups excluding carboxylic acids is 3. The highest BCUT2D eigenvalue weighted by Crippen LogP contribution is 2.24. The predicted molar refractivity (Wildman–Crippen MR) is 176 cm³/mol. The van der Waals surface area contributed by atoms with Crippen LogP contribution in [0.3, 0.4) is 0 Å². The van der Waals surface area contributed by atoms with E-state index >= 15 is 0 Å². The number of hydroxylamine groups is 1. The summed E-state index contributed by atoms with van der Waals surface area (Å²) in [6.45, 7) is 2.95. The van der Waals surface area contributed by atoms with E-state index in [4.69, 9.17) is 14.3 Å². The molecule has 11 heteroatoms. The molecule has 4 atom stereocenters. The molecule has 0 aliphatic heterocycles. The molecular formula is C36H47N5O6. The number of amides is 3. The molecule has 5 rings (SSSR count). The van der Waals surface area contributed by atoms with Crippen LogP contribution in [-0.4, -0.2) is 58.4 Å². The molecule has 0 radical (unpaired) electrons. The van der Waals surface area contributed by atoms with Crippen molar-refractivity contribution in [3.05, 3.63) is 89.2 Å². The van der Waals surface area contributed by atoms with Crippen LogP contribution in [-0.2, 0) is 38.9 Å². The topological polar surface area (TPSA) is 133 Å². The number of carbonyl (C=O) groups is 3. The fraction of sp³-hybridized carbons (Fsp3) is 0.500. The lowest BCUT2D eigenvalue weighted by Crippen LogP contribution is -2.48. The minimum Gasteiger partial charge on any atom is -0.371 e. The maximum atomic E-state index is 13.8. The third-order valence-electron chi connectivity index (χ3n) is 8.69. The van der Waals surface area contributed by atoms with Gasteiger partial charge in [0.2, 0.25) is 5.91 Å². The van der Waals surface area contributed by atoms with Crippen molar-refractivity contribution in [2.45, 2.75) is 109 Å². The van der Waals surface area contributed by atoms with E-state index in [9.17, 15) is 14.4 Å². The van der Waals surface area contributed by atoms with Crippen molar-refractivity contribution >= 4 is 17.7 Å². The summed E-state index contributed by atoms with van der Waals surface area (Å²) < 4.78 is 13.8. The zero-order valence-electron chi connectivity index (χ0n) is 27.2. The quantitative estimate of drug-likeness (QED) is 0.159. The van der Waals surface area contributed by atoms with Crippen LogP contribution in [0.5, 0.6) is 0 Å². The van der Waals surface area contributed by atoms with E-state index in [0.717, 1.165) is 62.5 Å². The molecule has 2 aromatic carbocycles. The fourth-order valence-electron chi connectivity index (χ4n) is 6.21. The van der Waals surface area contributed by atoms with Gasteiger partial charge in [0.15, 0.2) is 5.69 Å². The lowest BCUT2D eigenvalue weighted by atomic mass is 9.92. The number of rotatable bonds is 15. The van der Waals surface area contributed by atoms with Crippen molar-refractivity contribution in [3.63, 3.8) is 0 Å². The Balaban J connectivity index is 1.26. The van der Waals surface area contributed by atoms with E-state index in [-0.39, 0.29) is 48.1 Å². The molecule has 2 aliphatic rings. The Morgan fingerprint density at radius 1 is 0.766 bits per heavy atom. The van der Waals surface area contributed by atoms with Gasteiger partial charge in [-0.1, -0.05) is 93.3 Å². The Bertz CT molecular complexity index is 1430. The van der Waals surface area contributed by atoms with Gasteiger partial charge in [0, 0.05) is 6.07 Å². The average molecular weight is 646 g/mol. The Kier molecular flexibility index (Phi) is 12.9. The molecule has 0 saturated heterocycles. The number of hydrogen-bond donors (Lipinski definition) is 3. The van der Waals surface area contributed by atoms with E-state index in [2.05, 4.69) is 21.2 Å². The van der Waals surface area contributed by atoms with Crippen LogP contribution in [0.2, 0.25) is 0 Å². The lowest BCUT2D eigenvalue weighted by Gasteiger charge is -2.32. The van der Waals surface area contributed by atoms with Gasteiger partial charge in [-0.15, -0.1) is 0 Å². The smallest absolute Gasteiger partial charge is 0.295 e. The van der Waals surface area contributed by atoms with Crippen molar-refractivity contribution in [1.82, 2.24) is 25.9 Å². The standard InChI is InChI=1S/C36H47N5O6/c1-2-21-47-40-35(43)30-22-31(36(44)38-29-18-10-12-20-33(29)46-25-27-15-7-4-8-16-27)41(39-30)23-34(42)37-28-17-9-11-19-32(28)45-24-26-13-5-3-6-14-26/h3-8,13-16,22,28-29,32-33H,2,9-12,17-21,23-25H2,1H3,(H,37,42)(H,38,44)(H,40,43)/t28-,29-,32-,33-/m0/s1. The Hall–Kier alpha value is -4.06. The zero-order valence-corrected chi connectivity index (χ0v) is 27.2. The zero-order chi connectivity index (χ0) is 32.8. The molecule has 47 heavy (non-hydrogen) atoms. The van der Waals surface area contributed by atoms with Gasteiger partial charge in [-0.2, -0.15) is 5.10 Å². The molecule has 2 saturated carbocycles. The number of hydrogen-bond acceptors (Lipinski definition) is 7. The van der Waals surface area contributed by atoms with Gasteiger partial charge in [0.25, 0.3) is 11.8 Å². The van der Waals surface area contributed by atoms with Crippen molar-refractivity contribution in [2.24, 2.45) is 0 Å². The first-order valence-electron chi connectivity index (χ1n) is 16.9. The van der Waals surface area contributed by atoms with Crippen LogP contribution in [0.15, 0.2) is 66.7 Å². The van der Waals surface area contributed by atoms with Crippen LogP contribution < -0.4 is 16.1 Å². The van der Waals surface area contributed by atoms with Crippen LogP contribution in [0.1, 0.15) is 96.8 Å². The third kappa shape index (κ3) is 10.2. The van der Waals surface area contributed by atoms with Gasteiger partial charge in [-0.05, 0) is 43.2 Å². The molecule has 0 unspecified atom stereocenters. The SMILES string of the molecule is CCCONC(=O)c1cc(C(=O)N[C@H]2CCCC[C@@H]2OCc2ccccc2)n(CC(=O)N[C@H]2CCCC[C@@H]2OCc2ccccc2)n1. The highest BCUT2D eigenvalue weighted by atomic mass is 16.6. The van der Waals surface area contributed by atoms with Gasteiger partial charge in [0.05, 0.1) is 44.1 Å². The first kappa shape index (κ1) is 34.3. The van der Waals surface area contributed by atoms with Crippen molar-refractivity contribution in [1.29, 1.82) is 0 Å². The minimum absolute atomic E-state index is 0.0127. The molecule has 252 valence electrons. The van der Waals surface area contributed by atoms with E-state index < -0.39 is 11.8 Å². The normalized spacial score (nSPS) is 21.1. The lowest BCUT2D eigenvalue weighted by molar-refractivity contribution is -0.124. The van der Waals surface area contributed by atoms with E-state index in [1.54, 1.807) is 0 Å². The number of aromatic nitrogens is 2. The maximum Gasteiger partial charge on any atom is 0.295 e. The second kappa shape index (κ2) is 17.7. The number of ether oxygens (including phenoxy) is 2. The molecular weight excluding hydrogens is 598 g/mol. The van der Waals surface area contributed by atoms with Gasteiger partial charge >= 0.3 is 0 Å². The molecule has 1 aromatic heterocycles. The van der Waals surface area contributed by atoms with Gasteiger partial charge in [-0.3, -0.25) is 19.2 Å². The van der Waals surface area contributed by atoms with E-state index in [0.29, 0.717) is 26.2 Å². The van der Waals surface area contributed by atoms with Crippen LogP contribution in [0.25, 0.3) is 0 Å². The third-order valence-corrected chi connectivity index (χ3v) is 8.69. The summed E-state index contributed by atoms with van der Waals surface area (Å²) in [6, 6.07) is 20.9. The summed E-state index contributed by atoms with van der Waals surface area (Å²) in [5, 5.41) is 10.6. The van der Waals surface area contributed by atoms with E-state index in [1.165, 1.54) is 10.7 Å². The largest absolute Gasteiger partial charge is 0.371 e. The highest BCUT2D eigenvalue weighted by molar-refractivity contribution is 5.98. The summed E-state index contributed by atoms with van der Waals surface area (Å²) >= 11 is 0. The molecule has 0 bridgehead atoms. The summed E-state index contributed by atoms with van der Waals surface area (Å²) in [6.07, 6.45) is 7.69. The van der Waals surface area contributed by atoms with Crippen molar-refractivity contribution in [3.8, 4) is 0 Å². The van der Waals surface area contributed by atoms with Gasteiger partial charge in [-0.25, -0.2) is 10.2 Å². The fourth-order valence-corrected chi connectivity index (χ4v) is 6.21. The second-order valence-corrected chi connectivity index (χ2v) is 12.3. The minimum atomic E-state index is -0.588. The molecule has 11 nitrogen and oxygen atoms in total. The molecule has 2 fully saturated rings. The average Bonchev–Trinajstić information content (AvgIpc) is 3.52. The monoisotopic (exact) mass is 645 g/mol. The molecule has 3 aromatic rings. The summed E-state index contributed by atoms with van der Waals surface area (Å²) in [7, 11) is 0. The first-order valence-corrected chi connectivity index (χ1v) is 16.9. The summed E-state index contributed by atoms with van der Waals surface area (Å²) in [5.41, 5.74) is 4.62. The van der Waals surface area contributed by atoms with Crippen LogP contribution in [0.4, 0.5) is 0 Å². The second-order valence-electron chi connectivity index (χ2n) is 12.3. The number of nitrogens with zero attached hydrogens (tertiary/aromatic N) is 2. The molecule has 0 spiro atoms. The van der Waals surface area contributed by atoms with Crippen molar-refractivity contribution < 1.29 is 28.7 Å². The Morgan fingerprint density at radius 2 is 1.32 bits per heavy atom. The number of benzene rings is 2. The van der Waals surface area contributed by atoms with E-state index in [1.807, 2.05) is 67.6 Å². The van der Waals surface area contributed by atoms with Crippen LogP contribution >= 0.6 is 0 Å². The predicted octanol–water partition coefficient (Wildman–Crippen LogP) is 4.86. The molecule has 3 amide bonds. The van der Waals surface area contributed by atoms with Gasteiger partial charge in [0.1, 0.15) is 12.2 Å².